The van der Waals surface area contributed by atoms with Crippen LogP contribution in [0.1, 0.15) is 25.1 Å². The Morgan fingerprint density at radius 3 is 2.45 bits per heavy atom. The van der Waals surface area contributed by atoms with Gasteiger partial charge in [-0.25, -0.2) is 10.4 Å². The molecule has 1 aromatic heterocycles. The van der Waals surface area contributed by atoms with Crippen LogP contribution in [-0.4, -0.2) is 35.3 Å². The second-order valence-electron chi connectivity index (χ2n) is 5.03. The molecule has 1 aliphatic heterocycles. The van der Waals surface area contributed by atoms with Crippen LogP contribution in [-0.2, 0) is 17.5 Å². The first-order chi connectivity index (χ1) is 9.34. The molecule has 1 fully saturated rings. The van der Waals surface area contributed by atoms with E-state index in [2.05, 4.69) is 10.4 Å². The Kier molecular flexibility index (Phi) is 4.62. The van der Waals surface area contributed by atoms with E-state index in [1.54, 1.807) is 0 Å². The Morgan fingerprint density at radius 1 is 1.30 bits per heavy atom. The molecule has 2 heterocycles. The number of ether oxygens (including phenoxy) is 1. The molecule has 0 radical (unpaired) electrons. The molecule has 20 heavy (non-hydrogen) atoms. The molecule has 7 heteroatoms. The number of rotatable bonds is 3. The molecular weight excluding hydrogens is 271 g/mol. The van der Waals surface area contributed by atoms with Gasteiger partial charge in [-0.3, -0.25) is 4.98 Å². The molecule has 0 aliphatic carbocycles. The fourth-order valence-electron chi connectivity index (χ4n) is 2.20. The minimum atomic E-state index is -4.34. The van der Waals surface area contributed by atoms with Crippen LogP contribution in [0.4, 0.5) is 13.2 Å². The third-order valence-corrected chi connectivity index (χ3v) is 3.06. The van der Waals surface area contributed by atoms with Crippen LogP contribution < -0.4 is 5.43 Å². The van der Waals surface area contributed by atoms with E-state index in [9.17, 15) is 13.2 Å². The van der Waals surface area contributed by atoms with E-state index in [1.165, 1.54) is 6.07 Å². The summed E-state index contributed by atoms with van der Waals surface area (Å²) in [4.78, 5) is 3.83. The number of morpholine rings is 1. The van der Waals surface area contributed by atoms with E-state index in [-0.39, 0.29) is 12.2 Å². The van der Waals surface area contributed by atoms with Gasteiger partial charge in [-0.05, 0) is 26.0 Å². The fourth-order valence-corrected chi connectivity index (χ4v) is 2.20. The van der Waals surface area contributed by atoms with Crippen LogP contribution in [0.25, 0.3) is 0 Å². The number of halogens is 3. The summed E-state index contributed by atoms with van der Waals surface area (Å²) in [5, 5.41) is 2.01. The van der Waals surface area contributed by atoms with E-state index in [4.69, 9.17) is 4.74 Å². The summed E-state index contributed by atoms with van der Waals surface area (Å²) in [6.45, 7) is 5.86. The Bertz CT molecular complexity index is 425. The van der Waals surface area contributed by atoms with Crippen LogP contribution in [0.15, 0.2) is 18.3 Å². The Morgan fingerprint density at radius 2 is 1.95 bits per heavy atom. The number of hydrazine groups is 1. The van der Waals surface area contributed by atoms with Crippen molar-refractivity contribution in [3.8, 4) is 0 Å². The van der Waals surface area contributed by atoms with Crippen molar-refractivity contribution in [3.05, 3.63) is 29.6 Å². The quantitative estimate of drug-likeness (QED) is 0.926. The Balaban J connectivity index is 1.88. The van der Waals surface area contributed by atoms with Gasteiger partial charge in [-0.15, -0.1) is 0 Å². The molecule has 0 saturated carbocycles. The van der Waals surface area contributed by atoms with Gasteiger partial charge in [0.15, 0.2) is 0 Å². The van der Waals surface area contributed by atoms with Crippen molar-refractivity contribution < 1.29 is 17.9 Å². The molecule has 2 atom stereocenters. The van der Waals surface area contributed by atoms with E-state index >= 15 is 0 Å². The van der Waals surface area contributed by atoms with Crippen molar-refractivity contribution in [2.75, 3.05) is 13.1 Å². The number of pyridine rings is 1. The predicted molar refractivity (Wildman–Crippen MR) is 67.7 cm³/mol. The number of aromatic nitrogens is 1. The minimum absolute atomic E-state index is 0.131. The maximum Gasteiger partial charge on any atom is 0.417 e. The van der Waals surface area contributed by atoms with Gasteiger partial charge in [0.05, 0.1) is 30.0 Å². The van der Waals surface area contributed by atoms with Gasteiger partial charge in [0.25, 0.3) is 0 Å². The average Bonchev–Trinajstić information content (AvgIpc) is 2.35. The largest absolute Gasteiger partial charge is 0.417 e. The summed E-state index contributed by atoms with van der Waals surface area (Å²) in [5.41, 5.74) is 3.01. The lowest BCUT2D eigenvalue weighted by Gasteiger charge is -2.35. The van der Waals surface area contributed by atoms with Crippen LogP contribution in [0.2, 0.25) is 0 Å². The SMILES string of the molecule is CC1CN(NCc2ccc(C(F)(F)F)cn2)CC(C)O1. The van der Waals surface area contributed by atoms with Crippen LogP contribution >= 0.6 is 0 Å². The van der Waals surface area contributed by atoms with Gasteiger partial charge >= 0.3 is 6.18 Å². The molecule has 0 spiro atoms. The highest BCUT2D eigenvalue weighted by Crippen LogP contribution is 2.28. The number of nitrogens with zero attached hydrogens (tertiary/aromatic N) is 2. The van der Waals surface area contributed by atoms with E-state index in [0.29, 0.717) is 12.2 Å². The van der Waals surface area contributed by atoms with Crippen molar-refractivity contribution >= 4 is 0 Å². The zero-order chi connectivity index (χ0) is 14.8. The summed E-state index contributed by atoms with van der Waals surface area (Å²) < 4.78 is 42.8. The smallest absolute Gasteiger partial charge is 0.373 e. The molecular formula is C13H18F3N3O. The highest BCUT2D eigenvalue weighted by atomic mass is 19.4. The summed E-state index contributed by atoms with van der Waals surface area (Å²) in [5.74, 6) is 0. The summed E-state index contributed by atoms with van der Waals surface area (Å²) in [6.07, 6.45) is -3.21. The normalized spacial score (nSPS) is 24.9. The predicted octanol–water partition coefficient (Wildman–Crippen LogP) is 2.21. The molecule has 0 bridgehead atoms. The highest BCUT2D eigenvalue weighted by Gasteiger charge is 2.30. The Hall–Kier alpha value is -1.18. The van der Waals surface area contributed by atoms with Crippen LogP contribution in [0, 0.1) is 0 Å². The molecule has 1 aromatic rings. The molecule has 2 unspecified atom stereocenters. The first kappa shape index (κ1) is 15.2. The molecule has 0 amide bonds. The molecule has 0 aromatic carbocycles. The first-order valence-electron chi connectivity index (χ1n) is 6.50. The molecule has 1 saturated heterocycles. The number of nitrogens with one attached hydrogen (secondary N) is 1. The maximum absolute atomic E-state index is 12.4. The highest BCUT2D eigenvalue weighted by molar-refractivity contribution is 5.16. The molecule has 4 nitrogen and oxygen atoms in total. The second kappa shape index (κ2) is 6.07. The van der Waals surface area contributed by atoms with E-state index < -0.39 is 11.7 Å². The summed E-state index contributed by atoms with van der Waals surface area (Å²) >= 11 is 0. The zero-order valence-electron chi connectivity index (χ0n) is 11.4. The Labute approximate surface area is 115 Å². The maximum atomic E-state index is 12.4. The van der Waals surface area contributed by atoms with Crippen molar-refractivity contribution in [2.24, 2.45) is 0 Å². The molecule has 1 N–H and O–H groups in total. The third kappa shape index (κ3) is 4.16. The van der Waals surface area contributed by atoms with Gasteiger partial charge in [-0.2, -0.15) is 13.2 Å². The number of alkyl halides is 3. The monoisotopic (exact) mass is 289 g/mol. The first-order valence-corrected chi connectivity index (χ1v) is 6.50. The lowest BCUT2D eigenvalue weighted by Crippen LogP contribution is -2.51. The van der Waals surface area contributed by atoms with Crippen molar-refractivity contribution in [1.82, 2.24) is 15.4 Å². The summed E-state index contributed by atoms with van der Waals surface area (Å²) in [7, 11) is 0. The van der Waals surface area contributed by atoms with Crippen molar-refractivity contribution in [1.29, 1.82) is 0 Å². The number of hydrogen-bond donors (Lipinski definition) is 1. The summed E-state index contributed by atoms with van der Waals surface area (Å²) in [6, 6.07) is 2.44. The zero-order valence-corrected chi connectivity index (χ0v) is 11.4. The van der Waals surface area contributed by atoms with Gasteiger partial charge < -0.3 is 4.74 Å². The third-order valence-electron chi connectivity index (χ3n) is 3.06. The van der Waals surface area contributed by atoms with Gasteiger partial charge in [0.1, 0.15) is 0 Å². The van der Waals surface area contributed by atoms with Crippen LogP contribution in [0.5, 0.6) is 0 Å². The lowest BCUT2D eigenvalue weighted by atomic mass is 10.2. The van der Waals surface area contributed by atoms with Crippen molar-refractivity contribution in [2.45, 2.75) is 38.8 Å². The minimum Gasteiger partial charge on any atom is -0.373 e. The topological polar surface area (TPSA) is 37.4 Å². The standard InChI is InChI=1S/C13H18F3N3O/c1-9-7-19(8-10(2)20-9)18-6-12-4-3-11(5-17-12)13(14,15)16/h3-5,9-10,18H,6-8H2,1-2H3. The van der Waals surface area contributed by atoms with E-state index in [0.717, 1.165) is 25.4 Å². The second-order valence-corrected chi connectivity index (χ2v) is 5.03. The molecule has 2 rings (SSSR count). The molecule has 112 valence electrons. The van der Waals surface area contributed by atoms with Crippen LogP contribution in [0.3, 0.4) is 0 Å². The van der Waals surface area contributed by atoms with Crippen molar-refractivity contribution in [3.63, 3.8) is 0 Å². The number of hydrogen-bond acceptors (Lipinski definition) is 4. The fraction of sp³-hybridized carbons (Fsp3) is 0.615. The molecule has 1 aliphatic rings. The van der Waals surface area contributed by atoms with Gasteiger partial charge in [0.2, 0.25) is 0 Å². The average molecular weight is 289 g/mol. The lowest BCUT2D eigenvalue weighted by molar-refractivity contribution is -0.137. The van der Waals surface area contributed by atoms with Gasteiger partial charge in [-0.1, -0.05) is 0 Å². The van der Waals surface area contributed by atoms with E-state index in [1.807, 2.05) is 18.9 Å². The van der Waals surface area contributed by atoms with Gasteiger partial charge in [0, 0.05) is 19.3 Å².